The highest BCUT2D eigenvalue weighted by Gasteiger charge is 2.08. The van der Waals surface area contributed by atoms with Crippen molar-refractivity contribution in [3.8, 4) is 0 Å². The molecule has 0 aliphatic carbocycles. The summed E-state index contributed by atoms with van der Waals surface area (Å²) in [5, 5.41) is 10.1. The Morgan fingerprint density at radius 1 is 1.44 bits per heavy atom. The maximum Gasteiger partial charge on any atom is 0.209 e. The minimum atomic E-state index is -3.39. The van der Waals surface area contributed by atoms with Gasteiger partial charge in [0.2, 0.25) is 10.0 Å². The van der Waals surface area contributed by atoms with Gasteiger partial charge in [-0.2, -0.15) is 0 Å². The number of sulfonamides is 1. The fourth-order valence-electron chi connectivity index (χ4n) is 1.58. The van der Waals surface area contributed by atoms with Gasteiger partial charge >= 0.3 is 0 Å². The zero-order valence-corrected chi connectivity index (χ0v) is 11.5. The maximum atomic E-state index is 10.8. The molecule has 0 aliphatic rings. The molecule has 18 heavy (non-hydrogen) atoms. The number of fused-ring (bicyclic) bond motifs is 1. The summed E-state index contributed by atoms with van der Waals surface area (Å²) in [6.45, 7) is 2.51. The van der Waals surface area contributed by atoms with Crippen LogP contribution in [0.2, 0.25) is 0 Å². The second-order valence-electron chi connectivity index (χ2n) is 3.97. The quantitative estimate of drug-likeness (QED) is 0.802. The van der Waals surface area contributed by atoms with E-state index in [9.17, 15) is 8.42 Å². The summed E-state index contributed by atoms with van der Waals surface area (Å²) in [4.78, 5) is 8.37. The van der Waals surface area contributed by atoms with Crippen molar-refractivity contribution >= 4 is 37.4 Å². The topological polar surface area (TPSA) is 98.0 Å². The number of aromatic nitrogens is 2. The number of aryl methyl sites for hydroxylation is 1. The fraction of sp³-hybridized carbons (Fsp3) is 0.400. The molecule has 0 aliphatic heterocycles. The first kappa shape index (κ1) is 13.2. The molecule has 98 valence electrons. The van der Waals surface area contributed by atoms with Crippen molar-refractivity contribution in [3.63, 3.8) is 0 Å². The molecule has 0 bridgehead atoms. The minimum Gasteiger partial charge on any atom is -0.369 e. The molecule has 2 aromatic heterocycles. The van der Waals surface area contributed by atoms with Crippen molar-refractivity contribution in [2.75, 3.05) is 17.6 Å². The lowest BCUT2D eigenvalue weighted by Gasteiger charge is -2.05. The van der Waals surface area contributed by atoms with E-state index < -0.39 is 10.0 Å². The molecule has 0 aromatic carbocycles. The van der Waals surface area contributed by atoms with Crippen LogP contribution < -0.4 is 10.5 Å². The third-order valence-electron chi connectivity index (χ3n) is 2.43. The van der Waals surface area contributed by atoms with E-state index in [1.807, 2.05) is 12.3 Å². The minimum absolute atomic E-state index is 0.0301. The summed E-state index contributed by atoms with van der Waals surface area (Å²) in [6, 6.07) is 0. The monoisotopic (exact) mass is 286 g/mol. The van der Waals surface area contributed by atoms with E-state index in [4.69, 9.17) is 5.14 Å². The molecule has 3 N–H and O–H groups in total. The Hall–Kier alpha value is -1.25. The lowest BCUT2D eigenvalue weighted by atomic mass is 10.3. The van der Waals surface area contributed by atoms with Gasteiger partial charge in [-0.3, -0.25) is 0 Å². The van der Waals surface area contributed by atoms with E-state index in [1.165, 1.54) is 6.33 Å². The molecule has 8 heteroatoms. The number of primary sulfonamides is 1. The zero-order chi connectivity index (χ0) is 13.2. The smallest absolute Gasteiger partial charge is 0.209 e. The van der Waals surface area contributed by atoms with E-state index in [0.717, 1.165) is 21.6 Å². The van der Waals surface area contributed by atoms with Crippen molar-refractivity contribution < 1.29 is 8.42 Å². The number of anilines is 1. The van der Waals surface area contributed by atoms with Gasteiger partial charge in [0.25, 0.3) is 0 Å². The van der Waals surface area contributed by atoms with Crippen molar-refractivity contribution in [2.24, 2.45) is 5.14 Å². The van der Waals surface area contributed by atoms with E-state index in [1.54, 1.807) is 11.3 Å². The number of nitrogens with zero attached hydrogens (tertiary/aromatic N) is 2. The third kappa shape index (κ3) is 3.15. The summed E-state index contributed by atoms with van der Waals surface area (Å²) in [6.07, 6.45) is 1.96. The van der Waals surface area contributed by atoms with E-state index >= 15 is 0 Å². The molecule has 0 radical (unpaired) electrons. The van der Waals surface area contributed by atoms with Crippen LogP contribution in [0.25, 0.3) is 10.2 Å². The van der Waals surface area contributed by atoms with Crippen LogP contribution in [0.5, 0.6) is 0 Å². The van der Waals surface area contributed by atoms with E-state index in [2.05, 4.69) is 15.3 Å². The Morgan fingerprint density at radius 2 is 2.22 bits per heavy atom. The Kier molecular flexibility index (Phi) is 3.79. The van der Waals surface area contributed by atoms with Crippen LogP contribution >= 0.6 is 11.3 Å². The Balaban J connectivity index is 2.04. The first-order chi connectivity index (χ1) is 8.47. The van der Waals surface area contributed by atoms with Gasteiger partial charge in [0.15, 0.2) is 0 Å². The number of hydrogen-bond donors (Lipinski definition) is 2. The molecule has 0 fully saturated rings. The average molecular weight is 286 g/mol. The molecule has 0 saturated carbocycles. The van der Waals surface area contributed by atoms with Gasteiger partial charge in [-0.05, 0) is 24.3 Å². The van der Waals surface area contributed by atoms with Crippen LogP contribution in [0.15, 0.2) is 11.7 Å². The van der Waals surface area contributed by atoms with E-state index in [-0.39, 0.29) is 5.75 Å². The Morgan fingerprint density at radius 3 is 2.94 bits per heavy atom. The summed E-state index contributed by atoms with van der Waals surface area (Å²) in [7, 11) is -3.39. The molecule has 0 amide bonds. The first-order valence-corrected chi connectivity index (χ1v) is 8.00. The molecule has 2 aromatic rings. The molecular weight excluding hydrogens is 272 g/mol. The molecule has 0 atom stereocenters. The van der Waals surface area contributed by atoms with Crippen molar-refractivity contribution in [1.82, 2.24) is 9.97 Å². The molecule has 6 nitrogen and oxygen atoms in total. The second kappa shape index (κ2) is 5.17. The van der Waals surface area contributed by atoms with Gasteiger partial charge in [-0.25, -0.2) is 23.5 Å². The molecule has 2 heterocycles. The van der Waals surface area contributed by atoms with Gasteiger partial charge in [-0.15, -0.1) is 11.3 Å². The number of nitrogens with one attached hydrogen (secondary N) is 1. The van der Waals surface area contributed by atoms with Crippen LogP contribution in [0.4, 0.5) is 5.82 Å². The summed E-state index contributed by atoms with van der Waals surface area (Å²) in [5.74, 6) is 0.713. The van der Waals surface area contributed by atoms with Crippen molar-refractivity contribution in [2.45, 2.75) is 13.3 Å². The van der Waals surface area contributed by atoms with Crippen LogP contribution in [-0.2, 0) is 10.0 Å². The lowest BCUT2D eigenvalue weighted by Crippen LogP contribution is -2.18. The van der Waals surface area contributed by atoms with Crippen LogP contribution in [0.1, 0.15) is 12.0 Å². The normalized spacial score (nSPS) is 11.9. The van der Waals surface area contributed by atoms with Crippen molar-refractivity contribution in [3.05, 3.63) is 17.3 Å². The lowest BCUT2D eigenvalue weighted by molar-refractivity contribution is 0.596. The molecule has 0 saturated heterocycles. The molecule has 0 spiro atoms. The van der Waals surface area contributed by atoms with E-state index in [0.29, 0.717) is 13.0 Å². The standard InChI is InChI=1S/C10H14N4O2S2/c1-7-5-17-9-8(7)13-6-14-10(9)12-3-2-4-18(11,15)16/h5-6H,2-4H2,1H3,(H2,11,15,16)(H,12,13,14). The molecule has 0 unspecified atom stereocenters. The van der Waals surface area contributed by atoms with Gasteiger partial charge < -0.3 is 5.32 Å². The van der Waals surface area contributed by atoms with Gasteiger partial charge in [0, 0.05) is 6.54 Å². The van der Waals surface area contributed by atoms with Gasteiger partial charge in [-0.1, -0.05) is 0 Å². The average Bonchev–Trinajstić information content (AvgIpc) is 2.67. The predicted molar refractivity (Wildman–Crippen MR) is 73.2 cm³/mol. The fourth-order valence-corrected chi connectivity index (χ4v) is 3.09. The zero-order valence-electron chi connectivity index (χ0n) is 9.88. The van der Waals surface area contributed by atoms with Crippen LogP contribution in [-0.4, -0.2) is 30.7 Å². The highest BCUT2D eigenvalue weighted by molar-refractivity contribution is 7.89. The Bertz CT molecular complexity index is 651. The summed E-state index contributed by atoms with van der Waals surface area (Å²) < 4.78 is 22.6. The number of hydrogen-bond acceptors (Lipinski definition) is 6. The number of rotatable bonds is 5. The summed E-state index contributed by atoms with van der Waals surface area (Å²) in [5.41, 5.74) is 2.05. The third-order valence-corrected chi connectivity index (χ3v) is 4.38. The highest BCUT2D eigenvalue weighted by atomic mass is 32.2. The molecule has 2 rings (SSSR count). The Labute approximate surface area is 109 Å². The predicted octanol–water partition coefficient (Wildman–Crippen LogP) is 1.09. The number of thiophene rings is 1. The maximum absolute atomic E-state index is 10.8. The van der Waals surface area contributed by atoms with Gasteiger partial charge in [0.05, 0.1) is 16.0 Å². The SMILES string of the molecule is Cc1csc2c(NCCCS(N)(=O)=O)ncnc12. The van der Waals surface area contributed by atoms with Gasteiger partial charge in [0.1, 0.15) is 12.1 Å². The largest absolute Gasteiger partial charge is 0.369 e. The summed E-state index contributed by atoms with van der Waals surface area (Å²) >= 11 is 1.57. The van der Waals surface area contributed by atoms with Crippen molar-refractivity contribution in [1.29, 1.82) is 0 Å². The van der Waals surface area contributed by atoms with Crippen LogP contribution in [0.3, 0.4) is 0 Å². The number of nitrogens with two attached hydrogens (primary N) is 1. The second-order valence-corrected chi connectivity index (χ2v) is 6.58. The van der Waals surface area contributed by atoms with Crippen LogP contribution in [0, 0.1) is 6.92 Å². The first-order valence-electron chi connectivity index (χ1n) is 5.40. The molecular formula is C10H14N4O2S2. The highest BCUT2D eigenvalue weighted by Crippen LogP contribution is 2.28.